The second-order valence-corrected chi connectivity index (χ2v) is 6.79. The van der Waals surface area contributed by atoms with Gasteiger partial charge in [0.1, 0.15) is 29.8 Å². The zero-order valence-corrected chi connectivity index (χ0v) is 13.9. The van der Waals surface area contributed by atoms with Gasteiger partial charge in [-0.25, -0.2) is 0 Å². The van der Waals surface area contributed by atoms with Crippen molar-refractivity contribution in [2.75, 3.05) is 0 Å². The van der Waals surface area contributed by atoms with E-state index in [1.165, 1.54) is 12.1 Å². The van der Waals surface area contributed by atoms with E-state index in [-0.39, 0.29) is 52.1 Å². The SMILES string of the molecule is C=CC1=C(C(=C)O)C(=O)CCC1c1ccc(O)c2c1C(=O)C1OC1C2O. The van der Waals surface area contributed by atoms with Crippen molar-refractivity contribution in [1.29, 1.82) is 0 Å². The summed E-state index contributed by atoms with van der Waals surface area (Å²) in [6, 6.07) is 3.04. The van der Waals surface area contributed by atoms with Crippen LogP contribution in [-0.2, 0) is 9.53 Å². The molecule has 2 aliphatic carbocycles. The Morgan fingerprint density at radius 2 is 2.04 bits per heavy atom. The van der Waals surface area contributed by atoms with Crippen LogP contribution in [0.1, 0.15) is 46.3 Å². The van der Waals surface area contributed by atoms with Gasteiger partial charge in [-0.2, -0.15) is 0 Å². The van der Waals surface area contributed by atoms with Crippen molar-refractivity contribution in [3.8, 4) is 5.75 Å². The number of Topliss-reactive ketones (excluding diaryl/α,β-unsaturated/α-hetero) is 2. The first kappa shape index (κ1) is 16.8. The van der Waals surface area contributed by atoms with Gasteiger partial charge in [0, 0.05) is 23.5 Å². The van der Waals surface area contributed by atoms with Gasteiger partial charge in [0.05, 0.1) is 5.57 Å². The number of phenols is 1. The third-order valence-corrected chi connectivity index (χ3v) is 5.38. The van der Waals surface area contributed by atoms with Gasteiger partial charge in [-0.05, 0) is 23.6 Å². The van der Waals surface area contributed by atoms with Crippen LogP contribution in [-0.4, -0.2) is 39.1 Å². The lowest BCUT2D eigenvalue weighted by molar-refractivity contribution is -0.116. The van der Waals surface area contributed by atoms with Gasteiger partial charge in [0.25, 0.3) is 0 Å². The Hall–Kier alpha value is -2.70. The highest BCUT2D eigenvalue weighted by Gasteiger charge is 2.56. The van der Waals surface area contributed by atoms with E-state index in [0.29, 0.717) is 17.6 Å². The zero-order chi connectivity index (χ0) is 18.7. The van der Waals surface area contributed by atoms with Gasteiger partial charge in [0.15, 0.2) is 11.6 Å². The van der Waals surface area contributed by atoms with Gasteiger partial charge in [-0.3, -0.25) is 9.59 Å². The van der Waals surface area contributed by atoms with Crippen molar-refractivity contribution < 1.29 is 29.6 Å². The highest BCUT2D eigenvalue weighted by Crippen LogP contribution is 2.50. The van der Waals surface area contributed by atoms with E-state index in [4.69, 9.17) is 4.74 Å². The van der Waals surface area contributed by atoms with Crippen molar-refractivity contribution in [2.45, 2.75) is 37.1 Å². The number of ether oxygens (including phenoxy) is 1. The smallest absolute Gasteiger partial charge is 0.195 e. The van der Waals surface area contributed by atoms with Crippen molar-refractivity contribution >= 4 is 11.6 Å². The van der Waals surface area contributed by atoms with Crippen LogP contribution in [0.15, 0.2) is 48.3 Å². The molecule has 0 spiro atoms. The molecule has 4 rings (SSSR count). The van der Waals surface area contributed by atoms with Crippen molar-refractivity contribution in [3.05, 3.63) is 65.0 Å². The van der Waals surface area contributed by atoms with Gasteiger partial charge in [-0.15, -0.1) is 0 Å². The largest absolute Gasteiger partial charge is 0.508 e. The molecule has 134 valence electrons. The molecule has 1 aliphatic heterocycles. The molecule has 1 saturated heterocycles. The summed E-state index contributed by atoms with van der Waals surface area (Å²) in [7, 11) is 0. The zero-order valence-electron chi connectivity index (χ0n) is 13.9. The minimum atomic E-state index is -1.08. The second-order valence-electron chi connectivity index (χ2n) is 6.79. The maximum absolute atomic E-state index is 12.8. The van der Waals surface area contributed by atoms with Crippen LogP contribution in [0.4, 0.5) is 0 Å². The number of carbonyl (C=O) groups excluding carboxylic acids is 2. The summed E-state index contributed by atoms with van der Waals surface area (Å²) in [6.45, 7) is 7.21. The second kappa shape index (κ2) is 5.65. The van der Waals surface area contributed by atoms with Crippen LogP contribution in [0, 0.1) is 0 Å². The molecule has 6 heteroatoms. The number of rotatable bonds is 3. The van der Waals surface area contributed by atoms with Crippen LogP contribution in [0.5, 0.6) is 5.75 Å². The van der Waals surface area contributed by atoms with Crippen LogP contribution < -0.4 is 0 Å². The molecule has 3 aliphatic rings. The molecule has 4 unspecified atom stereocenters. The molecule has 0 bridgehead atoms. The van der Waals surface area contributed by atoms with Gasteiger partial charge < -0.3 is 20.1 Å². The number of aliphatic hydroxyl groups excluding tert-OH is 2. The molecule has 4 atom stereocenters. The summed E-state index contributed by atoms with van der Waals surface area (Å²) in [4.78, 5) is 25.0. The van der Waals surface area contributed by atoms with Crippen LogP contribution in [0.2, 0.25) is 0 Å². The minimum absolute atomic E-state index is 0.113. The molecule has 1 fully saturated rings. The average molecular weight is 354 g/mol. The molecule has 0 aromatic heterocycles. The number of aliphatic hydroxyl groups is 2. The predicted molar refractivity (Wildman–Crippen MR) is 92.0 cm³/mol. The maximum Gasteiger partial charge on any atom is 0.195 e. The number of hydrogen-bond donors (Lipinski definition) is 3. The van der Waals surface area contributed by atoms with Gasteiger partial charge >= 0.3 is 0 Å². The van der Waals surface area contributed by atoms with E-state index in [2.05, 4.69) is 13.2 Å². The normalized spacial score (nSPS) is 29.9. The lowest BCUT2D eigenvalue weighted by atomic mass is 9.73. The van der Waals surface area contributed by atoms with Gasteiger partial charge in [-0.1, -0.05) is 25.3 Å². The lowest BCUT2D eigenvalue weighted by Crippen LogP contribution is -2.28. The molecule has 1 heterocycles. The summed E-state index contributed by atoms with van der Waals surface area (Å²) < 4.78 is 5.26. The molecule has 1 aromatic carbocycles. The van der Waals surface area contributed by atoms with E-state index in [1.54, 1.807) is 6.07 Å². The third-order valence-electron chi connectivity index (χ3n) is 5.38. The predicted octanol–water partition coefficient (Wildman–Crippen LogP) is 2.39. The van der Waals surface area contributed by atoms with E-state index < -0.39 is 18.3 Å². The van der Waals surface area contributed by atoms with Crippen molar-refractivity contribution in [1.82, 2.24) is 0 Å². The molecule has 3 N–H and O–H groups in total. The number of carbonyl (C=O) groups is 2. The topological polar surface area (TPSA) is 107 Å². The van der Waals surface area contributed by atoms with Crippen LogP contribution >= 0.6 is 0 Å². The number of hydrogen-bond acceptors (Lipinski definition) is 6. The summed E-state index contributed by atoms with van der Waals surface area (Å²) in [5, 5.41) is 30.5. The number of phenolic OH excluding ortho intramolecular Hbond substituents is 1. The molecular weight excluding hydrogens is 336 g/mol. The first-order chi connectivity index (χ1) is 12.4. The standard InChI is InChI=1S/C20H18O6/c1-3-9-10(4-6-12(22)14(9)8(2)21)11-5-7-13(23)16-15(11)17(24)19-20(26-19)18(16)25/h3,5,7,10,18-21,23,25H,1-2,4,6H2. The number of epoxide rings is 1. The fraction of sp³-hybridized carbons (Fsp3) is 0.300. The fourth-order valence-electron chi connectivity index (χ4n) is 4.16. The quantitative estimate of drug-likeness (QED) is 0.568. The monoisotopic (exact) mass is 354 g/mol. The summed E-state index contributed by atoms with van der Waals surface area (Å²) in [6.07, 6.45) is -0.310. The summed E-state index contributed by atoms with van der Waals surface area (Å²) in [5.74, 6) is -1.40. The van der Waals surface area contributed by atoms with Crippen LogP contribution in [0.25, 0.3) is 0 Å². The van der Waals surface area contributed by atoms with E-state index >= 15 is 0 Å². The van der Waals surface area contributed by atoms with E-state index in [0.717, 1.165) is 0 Å². The highest BCUT2D eigenvalue weighted by molar-refractivity contribution is 6.07. The molecule has 1 aromatic rings. The van der Waals surface area contributed by atoms with Gasteiger partial charge in [0.2, 0.25) is 0 Å². The Bertz CT molecular complexity index is 909. The first-order valence-corrected chi connectivity index (χ1v) is 8.38. The first-order valence-electron chi connectivity index (χ1n) is 8.38. The van der Waals surface area contributed by atoms with Crippen molar-refractivity contribution in [2.24, 2.45) is 0 Å². The molecule has 0 radical (unpaired) electrons. The molecular formula is C20H18O6. The molecule has 0 amide bonds. The minimum Gasteiger partial charge on any atom is -0.508 e. The highest BCUT2D eigenvalue weighted by atomic mass is 16.6. The lowest BCUT2D eigenvalue weighted by Gasteiger charge is -2.30. The molecule has 6 nitrogen and oxygen atoms in total. The van der Waals surface area contributed by atoms with Crippen molar-refractivity contribution in [3.63, 3.8) is 0 Å². The number of fused-ring (bicyclic) bond motifs is 2. The van der Waals surface area contributed by atoms with E-state index in [9.17, 15) is 24.9 Å². The number of allylic oxidation sites excluding steroid dienone is 3. The Labute approximate surface area is 149 Å². The molecule has 26 heavy (non-hydrogen) atoms. The molecule has 0 saturated carbocycles. The summed E-state index contributed by atoms with van der Waals surface area (Å²) in [5.41, 5.74) is 1.58. The third kappa shape index (κ3) is 2.19. The average Bonchev–Trinajstić information content (AvgIpc) is 3.40. The fourth-order valence-corrected chi connectivity index (χ4v) is 4.16. The maximum atomic E-state index is 12.8. The van der Waals surface area contributed by atoms with E-state index in [1.807, 2.05) is 0 Å². The summed E-state index contributed by atoms with van der Waals surface area (Å²) >= 11 is 0. The Balaban J connectivity index is 1.94. The number of benzene rings is 1. The Kier molecular flexibility index (Phi) is 3.64. The number of ketones is 2. The Morgan fingerprint density at radius 3 is 2.69 bits per heavy atom. The Morgan fingerprint density at radius 1 is 1.31 bits per heavy atom. The van der Waals surface area contributed by atoms with Crippen LogP contribution in [0.3, 0.4) is 0 Å². The number of aromatic hydroxyl groups is 1.